The third-order valence-electron chi connectivity index (χ3n) is 4.80. The van der Waals surface area contributed by atoms with E-state index in [2.05, 4.69) is 35.2 Å². The molecule has 1 aromatic heterocycles. The van der Waals surface area contributed by atoms with E-state index >= 15 is 0 Å². The third kappa shape index (κ3) is 2.24. The van der Waals surface area contributed by atoms with Crippen molar-refractivity contribution in [3.63, 3.8) is 0 Å². The van der Waals surface area contributed by atoms with Crippen LogP contribution in [0.2, 0.25) is 0 Å². The summed E-state index contributed by atoms with van der Waals surface area (Å²) in [6.07, 6.45) is 9.35. The maximum Gasteiger partial charge on any atom is 0.0400 e. The fraction of sp³-hybridized carbons (Fsp3) is 0.667. The number of anilines is 1. The predicted octanol–water partition coefficient (Wildman–Crippen LogP) is 2.67. The molecule has 0 aromatic carbocycles. The summed E-state index contributed by atoms with van der Waals surface area (Å²) < 4.78 is 0. The fourth-order valence-electron chi connectivity index (χ4n) is 3.62. The Morgan fingerprint density at radius 2 is 2.06 bits per heavy atom. The van der Waals surface area contributed by atoms with Gasteiger partial charge in [0.2, 0.25) is 0 Å². The highest BCUT2D eigenvalue weighted by molar-refractivity contribution is 5.48. The molecule has 2 fully saturated rings. The van der Waals surface area contributed by atoms with Crippen LogP contribution in [0, 0.1) is 12.8 Å². The summed E-state index contributed by atoms with van der Waals surface area (Å²) in [5.41, 5.74) is 2.49. The molecule has 3 rings (SSSR count). The molecule has 1 aromatic rings. The molecule has 3 heteroatoms. The average Bonchev–Trinajstić information content (AvgIpc) is 2.62. The maximum atomic E-state index is 4.14. The predicted molar refractivity (Wildman–Crippen MR) is 74.8 cm³/mol. The van der Waals surface area contributed by atoms with Crippen molar-refractivity contribution in [2.24, 2.45) is 5.92 Å². The van der Waals surface area contributed by atoms with E-state index in [0.717, 1.165) is 24.5 Å². The topological polar surface area (TPSA) is 28.2 Å². The zero-order valence-electron chi connectivity index (χ0n) is 11.4. The van der Waals surface area contributed by atoms with Gasteiger partial charge in [0, 0.05) is 36.7 Å². The molecule has 3 heterocycles. The molecule has 3 nitrogen and oxygen atoms in total. The van der Waals surface area contributed by atoms with Crippen LogP contribution in [0.3, 0.4) is 0 Å². The van der Waals surface area contributed by atoms with Gasteiger partial charge < -0.3 is 10.2 Å². The van der Waals surface area contributed by atoms with Gasteiger partial charge in [-0.25, -0.2) is 0 Å². The highest BCUT2D eigenvalue weighted by Gasteiger charge is 2.38. The number of aromatic nitrogens is 1. The van der Waals surface area contributed by atoms with E-state index in [-0.39, 0.29) is 0 Å². The van der Waals surface area contributed by atoms with Gasteiger partial charge in [-0.1, -0.05) is 0 Å². The number of hydrogen-bond donors (Lipinski definition) is 1. The molecule has 0 aliphatic carbocycles. The molecule has 2 atom stereocenters. The Labute approximate surface area is 110 Å². The Hall–Kier alpha value is -1.09. The molecule has 0 saturated carbocycles. The largest absolute Gasteiger partial charge is 0.384 e. The number of pyridine rings is 1. The highest BCUT2D eigenvalue weighted by atomic mass is 15.2. The van der Waals surface area contributed by atoms with Gasteiger partial charge in [-0.15, -0.1) is 0 Å². The Morgan fingerprint density at radius 1 is 1.33 bits per heavy atom. The molecule has 2 aliphatic rings. The molecule has 1 N–H and O–H groups in total. The lowest BCUT2D eigenvalue weighted by atomic mass is 9.91. The molecule has 2 bridgehead atoms. The average molecular weight is 245 g/mol. The minimum atomic E-state index is 0.839. The second-order valence-electron chi connectivity index (χ2n) is 5.96. The molecule has 18 heavy (non-hydrogen) atoms. The van der Waals surface area contributed by atoms with Crippen LogP contribution in [0.1, 0.15) is 31.2 Å². The first-order chi connectivity index (χ1) is 8.74. The number of nitrogens with zero attached hydrogens (tertiary/aromatic N) is 2. The normalized spacial score (nSPS) is 31.6. The number of rotatable bonds is 3. The standard InChI is InChI=1S/C15H23N3/c1-11-9-16-6-5-15(11)17-10-12-7-13-3-4-14(8-12)18(13)2/h5-6,9,12-14H,3-4,7-8,10H2,1-2H3,(H,16,17). The van der Waals surface area contributed by atoms with Crippen LogP contribution in [-0.4, -0.2) is 35.6 Å². The van der Waals surface area contributed by atoms with Crippen LogP contribution in [0.25, 0.3) is 0 Å². The lowest BCUT2D eigenvalue weighted by Crippen LogP contribution is -2.41. The second-order valence-corrected chi connectivity index (χ2v) is 5.96. The van der Waals surface area contributed by atoms with E-state index in [1.54, 1.807) is 0 Å². The van der Waals surface area contributed by atoms with Crippen molar-refractivity contribution >= 4 is 5.69 Å². The molecule has 2 aliphatic heterocycles. The summed E-state index contributed by atoms with van der Waals surface area (Å²) >= 11 is 0. The molecule has 2 saturated heterocycles. The molecule has 98 valence electrons. The number of hydrogen-bond acceptors (Lipinski definition) is 3. The third-order valence-corrected chi connectivity index (χ3v) is 4.80. The van der Waals surface area contributed by atoms with Gasteiger partial charge >= 0.3 is 0 Å². The van der Waals surface area contributed by atoms with E-state index in [1.807, 2.05) is 12.4 Å². The van der Waals surface area contributed by atoms with E-state index in [1.165, 1.54) is 36.9 Å². The first-order valence-corrected chi connectivity index (χ1v) is 7.10. The van der Waals surface area contributed by atoms with E-state index in [0.29, 0.717) is 0 Å². The number of nitrogens with one attached hydrogen (secondary N) is 1. The van der Waals surface area contributed by atoms with Gasteiger partial charge in [-0.3, -0.25) is 4.98 Å². The summed E-state index contributed by atoms with van der Waals surface area (Å²) in [5, 5.41) is 3.61. The van der Waals surface area contributed by atoms with Crippen molar-refractivity contribution in [1.82, 2.24) is 9.88 Å². The number of piperidine rings is 1. The lowest BCUT2D eigenvalue weighted by Gasteiger charge is -2.36. The SMILES string of the molecule is Cc1cnccc1NCC1CC2CCC(C1)N2C. The quantitative estimate of drug-likeness (QED) is 0.887. The van der Waals surface area contributed by atoms with Crippen molar-refractivity contribution in [3.05, 3.63) is 24.0 Å². The zero-order valence-corrected chi connectivity index (χ0v) is 11.4. The molecule has 0 amide bonds. The molecule has 0 radical (unpaired) electrons. The van der Waals surface area contributed by atoms with Gasteiger partial charge in [0.1, 0.15) is 0 Å². The van der Waals surface area contributed by atoms with Crippen LogP contribution in [0.4, 0.5) is 5.69 Å². The van der Waals surface area contributed by atoms with Crippen molar-refractivity contribution in [3.8, 4) is 0 Å². The van der Waals surface area contributed by atoms with Gasteiger partial charge in [-0.05, 0) is 57.2 Å². The summed E-state index contributed by atoms with van der Waals surface area (Å²) in [7, 11) is 2.30. The zero-order chi connectivity index (χ0) is 12.5. The molecule has 2 unspecified atom stereocenters. The summed E-state index contributed by atoms with van der Waals surface area (Å²) in [4.78, 5) is 6.74. The van der Waals surface area contributed by atoms with Crippen molar-refractivity contribution < 1.29 is 0 Å². The lowest BCUT2D eigenvalue weighted by molar-refractivity contribution is 0.139. The maximum absolute atomic E-state index is 4.14. The van der Waals surface area contributed by atoms with E-state index in [9.17, 15) is 0 Å². The Bertz CT molecular complexity index is 404. The smallest absolute Gasteiger partial charge is 0.0400 e. The highest BCUT2D eigenvalue weighted by Crippen LogP contribution is 2.37. The minimum absolute atomic E-state index is 0.839. The Balaban J connectivity index is 1.57. The first-order valence-electron chi connectivity index (χ1n) is 7.10. The van der Waals surface area contributed by atoms with Crippen molar-refractivity contribution in [1.29, 1.82) is 0 Å². The van der Waals surface area contributed by atoms with Crippen LogP contribution in [0.15, 0.2) is 18.5 Å². The molecular weight excluding hydrogens is 222 g/mol. The van der Waals surface area contributed by atoms with Crippen molar-refractivity contribution in [2.75, 3.05) is 18.9 Å². The monoisotopic (exact) mass is 245 g/mol. The summed E-state index contributed by atoms with van der Waals surface area (Å²) in [6, 6.07) is 3.77. The fourth-order valence-corrected chi connectivity index (χ4v) is 3.62. The van der Waals surface area contributed by atoms with Gasteiger partial charge in [0.05, 0.1) is 0 Å². The van der Waals surface area contributed by atoms with Gasteiger partial charge in [0.25, 0.3) is 0 Å². The van der Waals surface area contributed by atoms with Gasteiger partial charge in [-0.2, -0.15) is 0 Å². The van der Waals surface area contributed by atoms with E-state index in [4.69, 9.17) is 0 Å². The number of aryl methyl sites for hydroxylation is 1. The van der Waals surface area contributed by atoms with Crippen LogP contribution in [-0.2, 0) is 0 Å². The summed E-state index contributed by atoms with van der Waals surface area (Å²) in [5.74, 6) is 0.839. The summed E-state index contributed by atoms with van der Waals surface area (Å²) in [6.45, 7) is 3.24. The second kappa shape index (κ2) is 4.88. The Morgan fingerprint density at radius 3 is 2.72 bits per heavy atom. The minimum Gasteiger partial charge on any atom is -0.384 e. The van der Waals surface area contributed by atoms with Crippen LogP contribution < -0.4 is 5.32 Å². The van der Waals surface area contributed by atoms with E-state index < -0.39 is 0 Å². The van der Waals surface area contributed by atoms with Crippen LogP contribution in [0.5, 0.6) is 0 Å². The Kier molecular flexibility index (Phi) is 3.25. The number of fused-ring (bicyclic) bond motifs is 2. The van der Waals surface area contributed by atoms with Crippen LogP contribution >= 0.6 is 0 Å². The molecular formula is C15H23N3. The molecule has 0 spiro atoms. The van der Waals surface area contributed by atoms with Crippen molar-refractivity contribution in [2.45, 2.75) is 44.7 Å². The first kappa shape index (κ1) is 12.0. The van der Waals surface area contributed by atoms with Gasteiger partial charge in [0.15, 0.2) is 0 Å².